The zero-order chi connectivity index (χ0) is 21.6. The molecule has 0 aliphatic heterocycles. The van der Waals surface area contributed by atoms with Gasteiger partial charge in [-0.05, 0) is 23.1 Å². The van der Waals surface area contributed by atoms with Crippen molar-refractivity contribution < 1.29 is 26.1 Å². The predicted molar refractivity (Wildman–Crippen MR) is 98.1 cm³/mol. The van der Waals surface area contributed by atoms with Crippen LogP contribution < -0.4 is 0 Å². The summed E-state index contributed by atoms with van der Waals surface area (Å²) in [6.45, 7) is 6.02. The highest BCUT2D eigenvalue weighted by Crippen LogP contribution is 2.31. The van der Waals surface area contributed by atoms with Gasteiger partial charge < -0.3 is 0 Å². The predicted octanol–water partition coefficient (Wildman–Crippen LogP) is 3.89. The van der Waals surface area contributed by atoms with E-state index >= 15 is 0 Å². The maximum atomic E-state index is 13.2. The molecule has 3 aromatic rings. The van der Waals surface area contributed by atoms with Crippen LogP contribution in [0.4, 0.5) is 13.2 Å². The number of rotatable bonds is 3. The van der Waals surface area contributed by atoms with E-state index in [-0.39, 0.29) is 17.1 Å². The van der Waals surface area contributed by atoms with Crippen LogP contribution in [0, 0.1) is 0 Å². The third-order valence-corrected chi connectivity index (χ3v) is 4.94. The second-order valence-electron chi connectivity index (χ2n) is 7.32. The number of hydrogen-bond acceptors (Lipinski definition) is 5. The van der Waals surface area contributed by atoms with E-state index in [4.69, 9.17) is 4.55 Å². The second-order valence-corrected chi connectivity index (χ2v) is 8.74. The second kappa shape index (κ2) is 6.92. The molecule has 2 aromatic heterocycles. The van der Waals surface area contributed by atoms with Crippen molar-refractivity contribution in [3.8, 4) is 17.2 Å². The Morgan fingerprint density at radius 1 is 1.00 bits per heavy atom. The van der Waals surface area contributed by atoms with E-state index in [0.29, 0.717) is 5.56 Å². The molecule has 0 bridgehead atoms. The zero-order valence-corrected chi connectivity index (χ0v) is 16.5. The molecular formula is C18H17F3N4O3S. The first kappa shape index (κ1) is 20.9. The Hall–Kier alpha value is -2.79. The van der Waals surface area contributed by atoms with E-state index < -0.39 is 27.0 Å². The van der Waals surface area contributed by atoms with Crippen LogP contribution >= 0.6 is 0 Å². The lowest BCUT2D eigenvalue weighted by molar-refractivity contribution is -0.144. The molecule has 7 nitrogen and oxygen atoms in total. The number of aromatic nitrogens is 4. The monoisotopic (exact) mass is 426 g/mol. The summed E-state index contributed by atoms with van der Waals surface area (Å²) >= 11 is 0. The molecule has 0 aliphatic rings. The molecule has 0 fully saturated rings. The highest BCUT2D eigenvalue weighted by atomic mass is 32.2. The Bertz CT molecular complexity index is 1130. The normalized spacial score (nSPS) is 12.9. The molecule has 154 valence electrons. The third-order valence-electron chi connectivity index (χ3n) is 4.11. The average Bonchev–Trinajstić information content (AvgIpc) is 3.06. The van der Waals surface area contributed by atoms with Crippen LogP contribution in [0.5, 0.6) is 0 Å². The van der Waals surface area contributed by atoms with E-state index in [1.54, 1.807) is 24.3 Å². The van der Waals surface area contributed by atoms with Crippen molar-refractivity contribution in [3.63, 3.8) is 0 Å². The van der Waals surface area contributed by atoms with Crippen molar-refractivity contribution in [2.45, 2.75) is 37.3 Å². The molecule has 0 spiro atoms. The van der Waals surface area contributed by atoms with Gasteiger partial charge in [-0.2, -0.15) is 26.3 Å². The summed E-state index contributed by atoms with van der Waals surface area (Å²) in [7, 11) is -4.49. The molecule has 0 unspecified atom stereocenters. The quantitative estimate of drug-likeness (QED) is 0.638. The van der Waals surface area contributed by atoms with E-state index in [9.17, 15) is 21.6 Å². The highest BCUT2D eigenvalue weighted by molar-refractivity contribution is 7.85. The minimum absolute atomic E-state index is 0.0877. The molecule has 0 radical (unpaired) electrons. The summed E-state index contributed by atoms with van der Waals surface area (Å²) in [5.74, 6) is -1.55. The molecule has 0 amide bonds. The smallest absolute Gasteiger partial charge is 0.282 e. The largest absolute Gasteiger partial charge is 0.453 e. The Balaban J connectivity index is 2.13. The summed E-state index contributed by atoms with van der Waals surface area (Å²) in [6.07, 6.45) is -3.95. The summed E-state index contributed by atoms with van der Waals surface area (Å²) in [5.41, 5.74) is 1.22. The zero-order valence-electron chi connectivity index (χ0n) is 15.6. The van der Waals surface area contributed by atoms with Gasteiger partial charge in [0.1, 0.15) is 4.90 Å². The van der Waals surface area contributed by atoms with Gasteiger partial charge >= 0.3 is 6.18 Å². The molecule has 0 saturated heterocycles. The summed E-state index contributed by atoms with van der Waals surface area (Å²) in [6, 6.07) is 8.98. The number of nitrogens with zero attached hydrogens (tertiary/aromatic N) is 4. The Labute approximate surface area is 165 Å². The third kappa shape index (κ3) is 4.46. The van der Waals surface area contributed by atoms with Gasteiger partial charge in [0.25, 0.3) is 15.9 Å². The topological polar surface area (TPSA) is 98.0 Å². The number of alkyl halides is 3. The molecular weight excluding hydrogens is 409 g/mol. The van der Waals surface area contributed by atoms with Gasteiger partial charge in [0.15, 0.2) is 11.6 Å². The Morgan fingerprint density at radius 2 is 1.62 bits per heavy atom. The molecule has 0 atom stereocenters. The first-order valence-electron chi connectivity index (χ1n) is 8.36. The van der Waals surface area contributed by atoms with Crippen LogP contribution in [-0.4, -0.2) is 32.7 Å². The van der Waals surface area contributed by atoms with Crippen LogP contribution in [0.15, 0.2) is 47.5 Å². The molecule has 2 heterocycles. The van der Waals surface area contributed by atoms with Crippen molar-refractivity contribution in [1.82, 2.24) is 19.7 Å². The van der Waals surface area contributed by atoms with Crippen molar-refractivity contribution >= 4 is 10.1 Å². The van der Waals surface area contributed by atoms with Gasteiger partial charge in [0.05, 0.1) is 6.20 Å². The van der Waals surface area contributed by atoms with Gasteiger partial charge in [-0.15, -0.1) is 5.10 Å². The average molecular weight is 426 g/mol. The van der Waals surface area contributed by atoms with Crippen molar-refractivity contribution in [1.29, 1.82) is 0 Å². The summed E-state index contributed by atoms with van der Waals surface area (Å²) in [4.78, 5) is 6.93. The minimum Gasteiger partial charge on any atom is -0.282 e. The van der Waals surface area contributed by atoms with Crippen molar-refractivity contribution in [2.24, 2.45) is 0 Å². The van der Waals surface area contributed by atoms with E-state index in [2.05, 4.69) is 15.1 Å². The number of hydrogen-bond donors (Lipinski definition) is 1. The first-order valence-corrected chi connectivity index (χ1v) is 9.80. The molecule has 1 aromatic carbocycles. The van der Waals surface area contributed by atoms with Gasteiger partial charge in [-0.3, -0.25) is 4.55 Å². The Kier molecular flexibility index (Phi) is 4.99. The first-order chi connectivity index (χ1) is 13.3. The fraction of sp³-hybridized carbons (Fsp3) is 0.278. The lowest BCUT2D eigenvalue weighted by Crippen LogP contribution is -2.10. The standard InChI is InChI=1S/C18H17F3N4O3S/c1-17(2,3)12-6-4-11(5-7-12)15-23-16(18(19,20)21)24-25(15)14-9-8-13(10-22-14)29(26,27)28/h4-10H,1-3H3,(H,26,27,28). The number of pyridine rings is 1. The molecule has 1 N–H and O–H groups in total. The van der Waals surface area contributed by atoms with Crippen molar-refractivity contribution in [2.75, 3.05) is 0 Å². The van der Waals surface area contributed by atoms with Gasteiger partial charge in [0, 0.05) is 5.56 Å². The summed E-state index contributed by atoms with van der Waals surface area (Å²) < 4.78 is 71.8. The number of halogens is 3. The highest BCUT2D eigenvalue weighted by Gasteiger charge is 2.37. The molecule has 0 saturated carbocycles. The molecule has 3 rings (SSSR count). The Morgan fingerprint density at radius 3 is 2.07 bits per heavy atom. The lowest BCUT2D eigenvalue weighted by Gasteiger charge is -2.19. The van der Waals surface area contributed by atoms with Crippen LogP contribution in [0.3, 0.4) is 0 Å². The van der Waals surface area contributed by atoms with Crippen molar-refractivity contribution in [3.05, 3.63) is 54.0 Å². The fourth-order valence-electron chi connectivity index (χ4n) is 2.55. The van der Waals surface area contributed by atoms with Crippen LogP contribution in [0.1, 0.15) is 32.2 Å². The maximum Gasteiger partial charge on any atom is 0.453 e. The summed E-state index contributed by atoms with van der Waals surface area (Å²) in [5, 5.41) is 3.50. The number of benzene rings is 1. The van der Waals surface area contributed by atoms with E-state index in [1.165, 1.54) is 0 Å². The molecule has 0 aliphatic carbocycles. The van der Waals surface area contributed by atoms with Gasteiger partial charge in [-0.1, -0.05) is 45.0 Å². The molecule has 29 heavy (non-hydrogen) atoms. The van der Waals surface area contributed by atoms with Crippen LogP contribution in [0.25, 0.3) is 17.2 Å². The lowest BCUT2D eigenvalue weighted by atomic mass is 9.87. The fourth-order valence-corrected chi connectivity index (χ4v) is 2.97. The van der Waals surface area contributed by atoms with Gasteiger partial charge in [-0.25, -0.2) is 9.97 Å². The van der Waals surface area contributed by atoms with Gasteiger partial charge in [0.2, 0.25) is 0 Å². The molecule has 11 heteroatoms. The van der Waals surface area contributed by atoms with E-state index in [0.717, 1.165) is 28.6 Å². The SMILES string of the molecule is CC(C)(C)c1ccc(-c2nc(C(F)(F)F)nn2-c2ccc(S(=O)(=O)O)cn2)cc1. The van der Waals surface area contributed by atoms with Crippen LogP contribution in [0.2, 0.25) is 0 Å². The minimum atomic E-state index is -4.78. The van der Waals surface area contributed by atoms with Crippen LogP contribution in [-0.2, 0) is 21.7 Å². The van der Waals surface area contributed by atoms with E-state index in [1.807, 2.05) is 20.8 Å². The maximum absolute atomic E-state index is 13.2.